The average molecular weight is 321 g/mol. The molecule has 0 atom stereocenters. The summed E-state index contributed by atoms with van der Waals surface area (Å²) in [5, 5.41) is 13.1. The van der Waals surface area contributed by atoms with Crippen LogP contribution >= 0.6 is 15.9 Å². The van der Waals surface area contributed by atoms with E-state index >= 15 is 0 Å². The van der Waals surface area contributed by atoms with Crippen molar-refractivity contribution in [3.63, 3.8) is 0 Å². The van der Waals surface area contributed by atoms with Gasteiger partial charge in [-0.05, 0) is 46.5 Å². The number of hydrogen-bond donors (Lipinski definition) is 1. The Bertz CT molecular complexity index is 615. The third-order valence-corrected chi connectivity index (χ3v) is 3.87. The van der Waals surface area contributed by atoms with Crippen LogP contribution in [-0.2, 0) is 11.2 Å². The highest BCUT2D eigenvalue weighted by molar-refractivity contribution is 9.10. The van der Waals surface area contributed by atoms with Crippen molar-refractivity contribution in [2.75, 3.05) is 0 Å². The van der Waals surface area contributed by atoms with Gasteiger partial charge < -0.3 is 5.11 Å². The third kappa shape index (κ3) is 2.56. The molecule has 98 valence electrons. The minimum absolute atomic E-state index is 0.0541. The first-order chi connectivity index (χ1) is 9.15. The molecule has 1 N–H and O–H groups in total. The van der Waals surface area contributed by atoms with Crippen LogP contribution in [0.2, 0.25) is 0 Å². The van der Waals surface area contributed by atoms with E-state index in [9.17, 15) is 4.79 Å². The molecule has 1 aliphatic carbocycles. The first-order valence-electron chi connectivity index (χ1n) is 6.19. The number of carboxylic acids is 1. The predicted octanol–water partition coefficient (Wildman–Crippen LogP) is 3.14. The molecule has 0 radical (unpaired) electrons. The van der Waals surface area contributed by atoms with Crippen molar-refractivity contribution in [2.24, 2.45) is 0 Å². The number of carboxylic acid groups (broad SMARTS) is 1. The molecule has 0 bridgehead atoms. The lowest BCUT2D eigenvalue weighted by molar-refractivity contribution is -0.136. The van der Waals surface area contributed by atoms with Crippen molar-refractivity contribution in [1.29, 1.82) is 0 Å². The fraction of sp³-hybridized carbons (Fsp3) is 0.286. The lowest BCUT2D eigenvalue weighted by Gasteiger charge is -2.08. The van der Waals surface area contributed by atoms with Crippen LogP contribution in [0.15, 0.2) is 34.9 Å². The fourth-order valence-corrected chi connectivity index (χ4v) is 2.78. The van der Waals surface area contributed by atoms with E-state index in [0.717, 1.165) is 15.7 Å². The second-order valence-electron chi connectivity index (χ2n) is 4.80. The van der Waals surface area contributed by atoms with E-state index in [-0.39, 0.29) is 6.42 Å². The van der Waals surface area contributed by atoms with Gasteiger partial charge in [-0.1, -0.05) is 12.1 Å². The number of aliphatic carboxylic acids is 1. The Hall–Kier alpha value is -1.62. The van der Waals surface area contributed by atoms with Gasteiger partial charge in [0.15, 0.2) is 0 Å². The monoisotopic (exact) mass is 320 g/mol. The van der Waals surface area contributed by atoms with Crippen molar-refractivity contribution >= 4 is 21.9 Å². The normalized spacial score (nSPS) is 14.6. The second-order valence-corrected chi connectivity index (χ2v) is 5.66. The van der Waals surface area contributed by atoms with Gasteiger partial charge in [0, 0.05) is 5.92 Å². The number of halogens is 1. The van der Waals surface area contributed by atoms with Gasteiger partial charge in [-0.3, -0.25) is 4.79 Å². The van der Waals surface area contributed by atoms with Gasteiger partial charge in [0.05, 0.1) is 28.5 Å². The number of aromatic nitrogens is 2. The predicted molar refractivity (Wildman–Crippen MR) is 74.6 cm³/mol. The fourth-order valence-electron chi connectivity index (χ4n) is 2.20. The summed E-state index contributed by atoms with van der Waals surface area (Å²) in [5.74, 6) is -0.219. The molecule has 1 aromatic carbocycles. The van der Waals surface area contributed by atoms with E-state index in [1.807, 2.05) is 35.1 Å². The summed E-state index contributed by atoms with van der Waals surface area (Å²) in [5.41, 5.74) is 2.99. The molecule has 4 nitrogen and oxygen atoms in total. The summed E-state index contributed by atoms with van der Waals surface area (Å²) in [6, 6.07) is 7.53. The third-order valence-electron chi connectivity index (χ3n) is 3.26. The number of hydrogen-bond acceptors (Lipinski definition) is 2. The van der Waals surface area contributed by atoms with E-state index in [0.29, 0.717) is 5.92 Å². The Labute approximate surface area is 119 Å². The molecule has 19 heavy (non-hydrogen) atoms. The number of rotatable bonds is 4. The molecule has 3 rings (SSSR count). The van der Waals surface area contributed by atoms with Crippen LogP contribution in [0, 0.1) is 0 Å². The van der Waals surface area contributed by atoms with Gasteiger partial charge in [-0.2, -0.15) is 5.10 Å². The van der Waals surface area contributed by atoms with Crippen LogP contribution in [0.25, 0.3) is 5.69 Å². The largest absolute Gasteiger partial charge is 0.481 e. The van der Waals surface area contributed by atoms with E-state index in [1.54, 1.807) is 0 Å². The standard InChI is InChI=1S/C14H13BrN2O2/c15-12-8-16-17(14(12)10-3-4-10)11-5-1-9(2-6-11)7-13(18)19/h1-2,5-6,8,10H,3-4,7H2,(H,18,19). The first kappa shape index (κ1) is 12.4. The van der Waals surface area contributed by atoms with E-state index < -0.39 is 5.97 Å². The molecule has 0 amide bonds. The van der Waals surface area contributed by atoms with Crippen molar-refractivity contribution in [3.8, 4) is 5.69 Å². The summed E-state index contributed by atoms with van der Waals surface area (Å²) in [6.45, 7) is 0. The van der Waals surface area contributed by atoms with E-state index in [1.165, 1.54) is 18.5 Å². The molecule has 0 spiro atoms. The van der Waals surface area contributed by atoms with Crippen molar-refractivity contribution in [1.82, 2.24) is 9.78 Å². The molecular weight excluding hydrogens is 308 g/mol. The molecule has 1 fully saturated rings. The minimum atomic E-state index is -0.812. The van der Waals surface area contributed by atoms with Crippen molar-refractivity contribution < 1.29 is 9.90 Å². The summed E-state index contributed by atoms with van der Waals surface area (Å²) in [4.78, 5) is 10.7. The molecule has 1 aromatic heterocycles. The van der Waals surface area contributed by atoms with Crippen LogP contribution in [-0.4, -0.2) is 20.9 Å². The van der Waals surface area contributed by atoms with Crippen LogP contribution in [0.5, 0.6) is 0 Å². The maximum Gasteiger partial charge on any atom is 0.307 e. The SMILES string of the molecule is O=C(O)Cc1ccc(-n2ncc(Br)c2C2CC2)cc1. The van der Waals surface area contributed by atoms with Gasteiger partial charge in [-0.15, -0.1) is 0 Å². The van der Waals surface area contributed by atoms with Crippen molar-refractivity contribution in [3.05, 3.63) is 46.2 Å². The molecule has 0 unspecified atom stereocenters. The lowest BCUT2D eigenvalue weighted by Crippen LogP contribution is -2.03. The Morgan fingerprint density at radius 3 is 2.63 bits per heavy atom. The van der Waals surface area contributed by atoms with Crippen molar-refractivity contribution in [2.45, 2.75) is 25.2 Å². The van der Waals surface area contributed by atoms with Crippen LogP contribution in [0.4, 0.5) is 0 Å². The topological polar surface area (TPSA) is 55.1 Å². The molecule has 2 aromatic rings. The number of benzene rings is 1. The van der Waals surface area contributed by atoms with Gasteiger partial charge >= 0.3 is 5.97 Å². The second kappa shape index (κ2) is 4.81. The summed E-state index contributed by atoms with van der Waals surface area (Å²) >= 11 is 3.54. The van der Waals surface area contributed by atoms with E-state index in [2.05, 4.69) is 21.0 Å². The number of carbonyl (C=O) groups is 1. The van der Waals surface area contributed by atoms with Crippen LogP contribution in [0.3, 0.4) is 0 Å². The maximum absolute atomic E-state index is 10.7. The summed E-state index contributed by atoms with van der Waals surface area (Å²) in [7, 11) is 0. The molecule has 0 aliphatic heterocycles. The smallest absolute Gasteiger partial charge is 0.307 e. The number of nitrogens with zero attached hydrogens (tertiary/aromatic N) is 2. The Morgan fingerprint density at radius 1 is 1.37 bits per heavy atom. The van der Waals surface area contributed by atoms with Gasteiger partial charge in [0.1, 0.15) is 0 Å². The maximum atomic E-state index is 10.7. The van der Waals surface area contributed by atoms with Gasteiger partial charge in [-0.25, -0.2) is 4.68 Å². The highest BCUT2D eigenvalue weighted by Crippen LogP contribution is 2.43. The minimum Gasteiger partial charge on any atom is -0.481 e. The van der Waals surface area contributed by atoms with Gasteiger partial charge in [0.2, 0.25) is 0 Å². The zero-order valence-corrected chi connectivity index (χ0v) is 11.8. The molecule has 1 aliphatic rings. The molecule has 1 heterocycles. The Balaban J connectivity index is 1.92. The molecule has 5 heteroatoms. The molecular formula is C14H13BrN2O2. The van der Waals surface area contributed by atoms with Crippen LogP contribution < -0.4 is 0 Å². The highest BCUT2D eigenvalue weighted by Gasteiger charge is 2.30. The average Bonchev–Trinajstić information content (AvgIpc) is 3.13. The zero-order chi connectivity index (χ0) is 13.4. The molecule has 1 saturated carbocycles. The Kier molecular flexibility index (Phi) is 3.14. The first-order valence-corrected chi connectivity index (χ1v) is 6.99. The zero-order valence-electron chi connectivity index (χ0n) is 10.2. The Morgan fingerprint density at radius 2 is 2.05 bits per heavy atom. The summed E-state index contributed by atoms with van der Waals surface area (Å²) in [6.07, 6.45) is 4.29. The molecule has 0 saturated heterocycles. The summed E-state index contributed by atoms with van der Waals surface area (Å²) < 4.78 is 2.98. The quantitative estimate of drug-likeness (QED) is 0.941. The van der Waals surface area contributed by atoms with Gasteiger partial charge in [0.25, 0.3) is 0 Å². The van der Waals surface area contributed by atoms with E-state index in [4.69, 9.17) is 5.11 Å². The van der Waals surface area contributed by atoms with Crippen LogP contribution in [0.1, 0.15) is 30.0 Å². The lowest BCUT2D eigenvalue weighted by atomic mass is 10.1. The highest BCUT2D eigenvalue weighted by atomic mass is 79.9.